The molecule has 1 atom stereocenters. The molecule has 0 heterocycles. The molecule has 0 amide bonds. The van der Waals surface area contributed by atoms with Gasteiger partial charge in [-0.25, -0.2) is 4.39 Å². The van der Waals surface area contributed by atoms with Crippen molar-refractivity contribution in [3.05, 3.63) is 59.9 Å². The second kappa shape index (κ2) is 6.54. The highest BCUT2D eigenvalue weighted by molar-refractivity contribution is 6.58. The standard InChI is InChI=1S/C15H16BFO3/c1-11(9-12-5-3-2-4-6-12)20-13-7-8-14(16(18)19)15(17)10-13/h2-8,10-11,18-19H,9H2,1H3. The van der Waals surface area contributed by atoms with E-state index in [1.54, 1.807) is 0 Å². The molecule has 0 bridgehead atoms. The molecule has 0 saturated heterocycles. The van der Waals surface area contributed by atoms with Gasteiger partial charge in [0.05, 0.1) is 6.10 Å². The smallest absolute Gasteiger partial charge is 0.490 e. The van der Waals surface area contributed by atoms with Gasteiger partial charge in [0.1, 0.15) is 11.6 Å². The SMILES string of the molecule is CC(Cc1ccccc1)Oc1ccc(B(O)O)c(F)c1. The summed E-state index contributed by atoms with van der Waals surface area (Å²) in [6.07, 6.45) is 0.606. The van der Waals surface area contributed by atoms with Crippen molar-refractivity contribution in [2.75, 3.05) is 0 Å². The van der Waals surface area contributed by atoms with Crippen molar-refractivity contribution in [2.24, 2.45) is 0 Å². The van der Waals surface area contributed by atoms with E-state index in [-0.39, 0.29) is 11.6 Å². The summed E-state index contributed by atoms with van der Waals surface area (Å²) in [7, 11) is -1.81. The Balaban J connectivity index is 2.01. The average molecular weight is 274 g/mol. The number of ether oxygens (including phenoxy) is 1. The van der Waals surface area contributed by atoms with Crippen molar-refractivity contribution in [1.29, 1.82) is 0 Å². The predicted molar refractivity (Wildman–Crippen MR) is 76.5 cm³/mol. The number of halogens is 1. The molecule has 1 unspecified atom stereocenters. The fourth-order valence-corrected chi connectivity index (χ4v) is 2.01. The molecular weight excluding hydrogens is 258 g/mol. The monoisotopic (exact) mass is 274 g/mol. The topological polar surface area (TPSA) is 49.7 Å². The van der Waals surface area contributed by atoms with Gasteiger partial charge in [0, 0.05) is 17.9 Å². The second-order valence-electron chi connectivity index (χ2n) is 4.68. The van der Waals surface area contributed by atoms with Crippen molar-refractivity contribution in [1.82, 2.24) is 0 Å². The minimum atomic E-state index is -1.81. The molecule has 0 aliphatic rings. The van der Waals surface area contributed by atoms with Crippen LogP contribution in [0.25, 0.3) is 0 Å². The summed E-state index contributed by atoms with van der Waals surface area (Å²) >= 11 is 0. The molecule has 0 radical (unpaired) electrons. The van der Waals surface area contributed by atoms with Crippen molar-refractivity contribution < 1.29 is 19.2 Å². The third-order valence-electron chi connectivity index (χ3n) is 2.95. The van der Waals surface area contributed by atoms with Crippen LogP contribution in [0.2, 0.25) is 0 Å². The van der Waals surface area contributed by atoms with E-state index < -0.39 is 12.9 Å². The van der Waals surface area contributed by atoms with Crippen LogP contribution in [0.1, 0.15) is 12.5 Å². The Labute approximate surface area is 117 Å². The Kier molecular flexibility index (Phi) is 4.77. The normalized spacial score (nSPS) is 12.0. The molecule has 0 saturated carbocycles. The van der Waals surface area contributed by atoms with Crippen molar-refractivity contribution in [3.8, 4) is 5.75 Å². The molecule has 5 heteroatoms. The van der Waals surface area contributed by atoms with Gasteiger partial charge in [0.15, 0.2) is 0 Å². The van der Waals surface area contributed by atoms with Crippen LogP contribution < -0.4 is 10.2 Å². The van der Waals surface area contributed by atoms with Gasteiger partial charge in [-0.2, -0.15) is 0 Å². The molecule has 2 N–H and O–H groups in total. The maximum Gasteiger partial charge on any atom is 0.491 e. The highest BCUT2D eigenvalue weighted by Crippen LogP contribution is 2.15. The van der Waals surface area contributed by atoms with E-state index >= 15 is 0 Å². The minimum absolute atomic E-state index is 0.110. The first-order chi connectivity index (χ1) is 9.56. The zero-order chi connectivity index (χ0) is 14.5. The molecule has 2 aromatic rings. The Morgan fingerprint density at radius 3 is 2.45 bits per heavy atom. The Morgan fingerprint density at radius 2 is 1.85 bits per heavy atom. The molecule has 0 spiro atoms. The van der Waals surface area contributed by atoms with E-state index in [1.807, 2.05) is 37.3 Å². The summed E-state index contributed by atoms with van der Waals surface area (Å²) in [5.41, 5.74) is 0.982. The zero-order valence-electron chi connectivity index (χ0n) is 11.2. The highest BCUT2D eigenvalue weighted by Gasteiger charge is 2.17. The van der Waals surface area contributed by atoms with Gasteiger partial charge in [-0.15, -0.1) is 0 Å². The molecule has 0 aliphatic heterocycles. The Hall–Kier alpha value is -1.85. The molecular formula is C15H16BFO3. The lowest BCUT2D eigenvalue weighted by molar-refractivity contribution is 0.221. The molecule has 2 aromatic carbocycles. The zero-order valence-corrected chi connectivity index (χ0v) is 11.2. The van der Waals surface area contributed by atoms with Crippen LogP contribution in [0.3, 0.4) is 0 Å². The fourth-order valence-electron chi connectivity index (χ4n) is 2.01. The van der Waals surface area contributed by atoms with E-state index in [2.05, 4.69) is 0 Å². The summed E-state index contributed by atoms with van der Waals surface area (Å²) in [6.45, 7) is 1.90. The van der Waals surface area contributed by atoms with Gasteiger partial charge >= 0.3 is 7.12 Å². The second-order valence-corrected chi connectivity index (χ2v) is 4.68. The number of benzene rings is 2. The van der Waals surface area contributed by atoms with E-state index in [0.717, 1.165) is 11.6 Å². The third-order valence-corrected chi connectivity index (χ3v) is 2.95. The van der Waals surface area contributed by atoms with Crippen LogP contribution in [0.4, 0.5) is 4.39 Å². The molecule has 2 rings (SSSR count). The molecule has 20 heavy (non-hydrogen) atoms. The summed E-state index contributed by atoms with van der Waals surface area (Å²) in [5.74, 6) is -0.320. The number of rotatable bonds is 5. The maximum atomic E-state index is 13.6. The van der Waals surface area contributed by atoms with Crippen LogP contribution in [0, 0.1) is 5.82 Å². The Bertz CT molecular complexity index is 560. The first-order valence-electron chi connectivity index (χ1n) is 6.42. The lowest BCUT2D eigenvalue weighted by Crippen LogP contribution is -2.32. The van der Waals surface area contributed by atoms with Crippen molar-refractivity contribution in [2.45, 2.75) is 19.4 Å². The van der Waals surface area contributed by atoms with Gasteiger partial charge in [0.25, 0.3) is 0 Å². The van der Waals surface area contributed by atoms with E-state index in [4.69, 9.17) is 14.8 Å². The van der Waals surface area contributed by atoms with Crippen molar-refractivity contribution >= 4 is 12.6 Å². The van der Waals surface area contributed by atoms with Crippen LogP contribution in [-0.2, 0) is 6.42 Å². The fraction of sp³-hybridized carbons (Fsp3) is 0.200. The van der Waals surface area contributed by atoms with Gasteiger partial charge in [-0.05, 0) is 18.6 Å². The van der Waals surface area contributed by atoms with Crippen LogP contribution >= 0.6 is 0 Å². The van der Waals surface area contributed by atoms with Crippen LogP contribution in [0.5, 0.6) is 5.75 Å². The minimum Gasteiger partial charge on any atom is -0.490 e. The number of hydrogen-bond acceptors (Lipinski definition) is 3. The first-order valence-corrected chi connectivity index (χ1v) is 6.42. The molecule has 0 aliphatic carbocycles. The van der Waals surface area contributed by atoms with Crippen LogP contribution in [-0.4, -0.2) is 23.3 Å². The van der Waals surface area contributed by atoms with Crippen molar-refractivity contribution in [3.63, 3.8) is 0 Å². The quantitative estimate of drug-likeness (QED) is 0.813. The average Bonchev–Trinajstić information content (AvgIpc) is 2.39. The predicted octanol–water partition coefficient (Wildman–Crippen LogP) is 1.52. The largest absolute Gasteiger partial charge is 0.491 e. The summed E-state index contributed by atoms with van der Waals surface area (Å²) in [5, 5.41) is 17.9. The lowest BCUT2D eigenvalue weighted by Gasteiger charge is -2.15. The maximum absolute atomic E-state index is 13.6. The van der Waals surface area contributed by atoms with Gasteiger partial charge in [0.2, 0.25) is 0 Å². The van der Waals surface area contributed by atoms with Crippen LogP contribution in [0.15, 0.2) is 48.5 Å². The number of hydrogen-bond donors (Lipinski definition) is 2. The lowest BCUT2D eigenvalue weighted by atomic mass is 9.80. The van der Waals surface area contributed by atoms with Gasteiger partial charge in [-0.1, -0.05) is 36.4 Å². The first kappa shape index (κ1) is 14.6. The van der Waals surface area contributed by atoms with E-state index in [1.165, 1.54) is 12.1 Å². The summed E-state index contributed by atoms with van der Waals surface area (Å²) in [6, 6.07) is 13.9. The van der Waals surface area contributed by atoms with E-state index in [0.29, 0.717) is 12.2 Å². The molecule has 0 fully saturated rings. The van der Waals surface area contributed by atoms with E-state index in [9.17, 15) is 4.39 Å². The highest BCUT2D eigenvalue weighted by atomic mass is 19.1. The summed E-state index contributed by atoms with van der Waals surface area (Å²) in [4.78, 5) is 0. The molecule has 3 nitrogen and oxygen atoms in total. The van der Waals surface area contributed by atoms with Gasteiger partial charge in [-0.3, -0.25) is 0 Å². The van der Waals surface area contributed by atoms with Gasteiger partial charge < -0.3 is 14.8 Å². The Morgan fingerprint density at radius 1 is 1.15 bits per heavy atom. The third kappa shape index (κ3) is 3.82. The molecule has 104 valence electrons. The molecule has 0 aromatic heterocycles. The summed E-state index contributed by atoms with van der Waals surface area (Å²) < 4.78 is 19.2.